The first-order valence-corrected chi connectivity index (χ1v) is 9.52. The topological polar surface area (TPSA) is 37.4 Å². The average molecular weight is 322 g/mol. The highest BCUT2D eigenvalue weighted by molar-refractivity contribution is 6.01. The number of rotatable bonds is 12. The van der Waals surface area contributed by atoms with Gasteiger partial charge in [-0.1, -0.05) is 53.0 Å². The molecule has 0 N–H and O–H groups in total. The van der Waals surface area contributed by atoms with Crippen molar-refractivity contribution in [3.63, 3.8) is 0 Å². The van der Waals surface area contributed by atoms with Crippen LogP contribution in [0.2, 0.25) is 0 Å². The number of Topliss-reactive ketones (excluding diaryl/α,β-unsaturated/α-hetero) is 2. The van der Waals surface area contributed by atoms with E-state index in [-0.39, 0.29) is 24.0 Å². The van der Waals surface area contributed by atoms with Crippen molar-refractivity contribution in [2.24, 2.45) is 5.92 Å². The molecule has 0 bridgehead atoms. The summed E-state index contributed by atoms with van der Waals surface area (Å²) in [6.07, 6.45) is 9.21. The Hall–Kier alpha value is -1.12. The third-order valence-corrected chi connectivity index (χ3v) is 5.15. The fourth-order valence-corrected chi connectivity index (χ4v) is 3.56. The summed E-state index contributed by atoms with van der Waals surface area (Å²) in [6.45, 7) is 11.4. The van der Waals surface area contributed by atoms with Gasteiger partial charge in [0.05, 0.1) is 12.5 Å². The van der Waals surface area contributed by atoms with Gasteiger partial charge in [-0.15, -0.1) is 0 Å². The maximum Gasteiger partial charge on any atom is 0.162 e. The minimum atomic E-state index is -0.143. The van der Waals surface area contributed by atoms with Gasteiger partial charge in [-0.25, -0.2) is 0 Å². The van der Waals surface area contributed by atoms with Gasteiger partial charge in [-0.05, 0) is 31.6 Å². The quantitative estimate of drug-likeness (QED) is 0.480. The maximum absolute atomic E-state index is 12.5. The fourth-order valence-electron chi connectivity index (χ4n) is 3.56. The molecule has 0 aromatic carbocycles. The molecule has 0 aromatic rings. The minimum absolute atomic E-state index is 0.0853. The van der Waals surface area contributed by atoms with E-state index in [1.54, 1.807) is 0 Å². The van der Waals surface area contributed by atoms with Crippen molar-refractivity contribution in [3.8, 4) is 0 Å². The van der Waals surface area contributed by atoms with E-state index in [0.717, 1.165) is 44.3 Å². The van der Waals surface area contributed by atoms with E-state index in [4.69, 9.17) is 0 Å². The summed E-state index contributed by atoms with van der Waals surface area (Å²) in [6, 6.07) is -0.143. The molecule has 0 aliphatic carbocycles. The van der Waals surface area contributed by atoms with Gasteiger partial charge in [0.1, 0.15) is 5.78 Å². The maximum atomic E-state index is 12.5. The highest BCUT2D eigenvalue weighted by atomic mass is 16.1. The summed E-state index contributed by atoms with van der Waals surface area (Å²) in [5, 5.41) is 0. The summed E-state index contributed by atoms with van der Waals surface area (Å²) < 4.78 is 0. The summed E-state index contributed by atoms with van der Waals surface area (Å²) in [5.74, 6) is 0.838. The van der Waals surface area contributed by atoms with E-state index >= 15 is 0 Å². The smallest absolute Gasteiger partial charge is 0.162 e. The molecule has 1 fully saturated rings. The first-order chi connectivity index (χ1) is 11.0. The Morgan fingerprint density at radius 1 is 1.17 bits per heavy atom. The standard InChI is InChI=1S/C20H35NO2/c1-5-8-11-17(6-2)12-13-18(22)15-20(23)19(7-3)21-14-9-10-16(21)4/h17,19H,4-15H2,1-3H3/t17?,19-/m0/s1. The Kier molecular flexibility index (Phi) is 9.20. The number of likely N-dealkylation sites (tertiary alicyclic amines) is 1. The van der Waals surface area contributed by atoms with Crippen molar-refractivity contribution in [1.82, 2.24) is 4.90 Å². The number of hydrogen-bond donors (Lipinski definition) is 0. The number of unbranched alkanes of at least 4 members (excludes halogenated alkanes) is 1. The summed E-state index contributed by atoms with van der Waals surface area (Å²) in [5.41, 5.74) is 1.06. The molecule has 1 unspecified atom stereocenters. The molecule has 0 saturated carbocycles. The molecule has 0 amide bonds. The van der Waals surface area contributed by atoms with E-state index in [1.165, 1.54) is 19.3 Å². The zero-order valence-electron chi connectivity index (χ0n) is 15.4. The van der Waals surface area contributed by atoms with Crippen LogP contribution in [0.4, 0.5) is 0 Å². The van der Waals surface area contributed by atoms with Crippen LogP contribution in [0, 0.1) is 5.92 Å². The summed E-state index contributed by atoms with van der Waals surface area (Å²) in [4.78, 5) is 26.8. The van der Waals surface area contributed by atoms with Gasteiger partial charge in [0.25, 0.3) is 0 Å². The van der Waals surface area contributed by atoms with Crippen LogP contribution in [0.5, 0.6) is 0 Å². The molecule has 1 rings (SSSR count). The van der Waals surface area contributed by atoms with Gasteiger partial charge in [0.2, 0.25) is 0 Å². The molecule has 2 atom stereocenters. The molecule has 3 heteroatoms. The van der Waals surface area contributed by atoms with Crippen molar-refractivity contribution >= 4 is 11.6 Å². The summed E-state index contributed by atoms with van der Waals surface area (Å²) >= 11 is 0. The van der Waals surface area contributed by atoms with Crippen LogP contribution < -0.4 is 0 Å². The van der Waals surface area contributed by atoms with E-state index in [1.807, 2.05) is 6.92 Å². The second kappa shape index (κ2) is 10.6. The summed E-state index contributed by atoms with van der Waals surface area (Å²) in [7, 11) is 0. The molecule has 0 radical (unpaired) electrons. The highest BCUT2D eigenvalue weighted by Gasteiger charge is 2.29. The minimum Gasteiger partial charge on any atom is -0.365 e. The Morgan fingerprint density at radius 2 is 1.91 bits per heavy atom. The monoisotopic (exact) mass is 321 g/mol. The molecule has 132 valence electrons. The lowest BCUT2D eigenvalue weighted by atomic mass is 9.92. The van der Waals surface area contributed by atoms with Crippen LogP contribution in [-0.2, 0) is 9.59 Å². The predicted octanol–water partition coefficient (Wildman–Crippen LogP) is 4.90. The lowest BCUT2D eigenvalue weighted by Crippen LogP contribution is -2.38. The molecule has 0 spiro atoms. The van der Waals surface area contributed by atoms with Gasteiger partial charge in [0, 0.05) is 18.7 Å². The first-order valence-electron chi connectivity index (χ1n) is 9.52. The largest absolute Gasteiger partial charge is 0.365 e. The zero-order valence-corrected chi connectivity index (χ0v) is 15.4. The SMILES string of the molecule is C=C1CCCN1[C@@H](CC)C(=O)CC(=O)CCC(CC)CCCC. The number of allylic oxidation sites excluding steroid dienone is 1. The Labute approximate surface area is 142 Å². The lowest BCUT2D eigenvalue weighted by Gasteiger charge is -2.28. The molecule has 1 aliphatic rings. The van der Waals surface area contributed by atoms with Crippen LogP contribution in [0.25, 0.3) is 0 Å². The van der Waals surface area contributed by atoms with Crippen molar-refractivity contribution in [3.05, 3.63) is 12.3 Å². The van der Waals surface area contributed by atoms with Crippen LogP contribution in [0.1, 0.15) is 85.0 Å². The zero-order chi connectivity index (χ0) is 17.2. The number of carbonyl (C=O) groups is 2. The van der Waals surface area contributed by atoms with Crippen molar-refractivity contribution < 1.29 is 9.59 Å². The van der Waals surface area contributed by atoms with Crippen molar-refractivity contribution in [1.29, 1.82) is 0 Å². The Balaban J connectivity index is 2.42. The lowest BCUT2D eigenvalue weighted by molar-refractivity contribution is -0.129. The van der Waals surface area contributed by atoms with E-state index in [9.17, 15) is 9.59 Å². The third-order valence-electron chi connectivity index (χ3n) is 5.15. The number of hydrogen-bond acceptors (Lipinski definition) is 3. The van der Waals surface area contributed by atoms with Crippen LogP contribution >= 0.6 is 0 Å². The van der Waals surface area contributed by atoms with E-state index < -0.39 is 0 Å². The van der Waals surface area contributed by atoms with Gasteiger partial charge in [-0.3, -0.25) is 9.59 Å². The molecule has 0 aromatic heterocycles. The van der Waals surface area contributed by atoms with Crippen LogP contribution in [0.3, 0.4) is 0 Å². The second-order valence-corrected chi connectivity index (χ2v) is 6.92. The normalized spacial score (nSPS) is 17.3. The number of ketones is 2. The molecular weight excluding hydrogens is 286 g/mol. The Bertz CT molecular complexity index is 402. The van der Waals surface area contributed by atoms with Crippen molar-refractivity contribution in [2.45, 2.75) is 91.0 Å². The fraction of sp³-hybridized carbons (Fsp3) is 0.800. The van der Waals surface area contributed by atoms with Gasteiger partial charge in [0.15, 0.2) is 5.78 Å². The molecule has 1 aliphatic heterocycles. The Morgan fingerprint density at radius 3 is 2.43 bits per heavy atom. The molecule has 3 nitrogen and oxygen atoms in total. The highest BCUT2D eigenvalue weighted by Crippen LogP contribution is 2.25. The molecule has 23 heavy (non-hydrogen) atoms. The van der Waals surface area contributed by atoms with Crippen LogP contribution in [0.15, 0.2) is 12.3 Å². The van der Waals surface area contributed by atoms with E-state index in [2.05, 4.69) is 25.3 Å². The van der Waals surface area contributed by atoms with Gasteiger partial charge < -0.3 is 4.90 Å². The molecule has 1 saturated heterocycles. The van der Waals surface area contributed by atoms with E-state index in [0.29, 0.717) is 12.3 Å². The number of carbonyl (C=O) groups excluding carboxylic acids is 2. The predicted molar refractivity (Wildman–Crippen MR) is 96.3 cm³/mol. The average Bonchev–Trinajstić information content (AvgIpc) is 2.94. The van der Waals surface area contributed by atoms with Gasteiger partial charge >= 0.3 is 0 Å². The second-order valence-electron chi connectivity index (χ2n) is 6.92. The van der Waals surface area contributed by atoms with Crippen molar-refractivity contribution in [2.75, 3.05) is 6.54 Å². The van der Waals surface area contributed by atoms with Gasteiger partial charge in [-0.2, -0.15) is 0 Å². The first kappa shape index (κ1) is 19.9. The van der Waals surface area contributed by atoms with Crippen LogP contribution in [-0.4, -0.2) is 29.1 Å². The molecular formula is C20H35NO2. The number of nitrogens with zero attached hydrogens (tertiary/aromatic N) is 1. The third kappa shape index (κ3) is 6.48. The molecule has 1 heterocycles.